The van der Waals surface area contributed by atoms with Crippen molar-refractivity contribution in [3.8, 4) is 0 Å². The van der Waals surface area contributed by atoms with E-state index in [1.54, 1.807) is 0 Å². The zero-order valence-corrected chi connectivity index (χ0v) is 7.04. The largest absolute Gasteiger partial charge is 0.0911 e. The van der Waals surface area contributed by atoms with E-state index in [9.17, 15) is 0 Å². The van der Waals surface area contributed by atoms with E-state index >= 15 is 0 Å². The minimum Gasteiger partial charge on any atom is -0.0911 e. The first-order valence-electron chi connectivity index (χ1n) is 3.73. The summed E-state index contributed by atoms with van der Waals surface area (Å²) < 4.78 is 0. The van der Waals surface area contributed by atoms with E-state index < -0.39 is 0 Å². The van der Waals surface area contributed by atoms with Gasteiger partial charge in [-0.25, -0.2) is 0 Å². The summed E-state index contributed by atoms with van der Waals surface area (Å²) in [6, 6.07) is 0. The number of hydrogen-bond acceptors (Lipinski definition) is 0. The highest BCUT2D eigenvalue weighted by Gasteiger charge is 1.83. The summed E-state index contributed by atoms with van der Waals surface area (Å²) >= 11 is 0. The lowest BCUT2D eigenvalue weighted by molar-refractivity contribution is 0.937. The van der Waals surface area contributed by atoms with Crippen molar-refractivity contribution in [2.24, 2.45) is 5.92 Å². The Balaban J connectivity index is 3.65. The van der Waals surface area contributed by atoms with Crippen molar-refractivity contribution < 1.29 is 0 Å². The highest BCUT2D eigenvalue weighted by molar-refractivity contribution is 5.06. The molecule has 0 N–H and O–H groups in total. The Kier molecular flexibility index (Phi) is 5.85. The van der Waals surface area contributed by atoms with Crippen LogP contribution in [0.3, 0.4) is 0 Å². The van der Waals surface area contributed by atoms with Gasteiger partial charge in [-0.05, 0) is 19.8 Å². The van der Waals surface area contributed by atoms with Gasteiger partial charge in [-0.3, -0.25) is 0 Å². The first-order chi connectivity index (χ1) is 4.81. The van der Waals surface area contributed by atoms with E-state index in [0.717, 1.165) is 0 Å². The van der Waals surface area contributed by atoms with Crippen molar-refractivity contribution in [1.29, 1.82) is 0 Å². The summed E-state index contributed by atoms with van der Waals surface area (Å²) in [5, 5.41) is 0. The molecule has 0 aromatic carbocycles. The van der Waals surface area contributed by atoms with E-state index in [1.807, 2.05) is 26.0 Å². The highest BCUT2D eigenvalue weighted by Crippen LogP contribution is 1.98. The number of hydrogen-bond donors (Lipinski definition) is 0. The van der Waals surface area contributed by atoms with Crippen LogP contribution in [0, 0.1) is 5.92 Å². The van der Waals surface area contributed by atoms with Gasteiger partial charge in [-0.1, -0.05) is 43.4 Å². The smallest absolute Gasteiger partial charge is 0.00789 e. The Hall–Kier alpha value is -0.780. The van der Waals surface area contributed by atoms with Gasteiger partial charge >= 0.3 is 0 Å². The molecule has 0 rings (SSSR count). The van der Waals surface area contributed by atoms with Gasteiger partial charge in [0, 0.05) is 0 Å². The summed E-state index contributed by atoms with van der Waals surface area (Å²) in [5.74, 6) is 0.557. The molecule has 10 heavy (non-hydrogen) atoms. The fourth-order valence-corrected chi connectivity index (χ4v) is 0.718. The molecule has 0 amide bonds. The second kappa shape index (κ2) is 6.34. The van der Waals surface area contributed by atoms with Crippen molar-refractivity contribution in [1.82, 2.24) is 0 Å². The van der Waals surface area contributed by atoms with Gasteiger partial charge in [-0.15, -0.1) is 0 Å². The second-order valence-electron chi connectivity index (χ2n) is 2.30. The standard InChI is InChI=1S/C10H16/c1-4-6-7-9-10(3)8-5-2/h4-10H,1-3H3/b6-4+,8-5+,9-7+. The van der Waals surface area contributed by atoms with Gasteiger partial charge in [-0.2, -0.15) is 0 Å². The van der Waals surface area contributed by atoms with Gasteiger partial charge in [0.1, 0.15) is 0 Å². The highest BCUT2D eigenvalue weighted by atomic mass is 13.9. The molecule has 0 radical (unpaired) electrons. The van der Waals surface area contributed by atoms with Gasteiger partial charge < -0.3 is 0 Å². The molecule has 0 heterocycles. The van der Waals surface area contributed by atoms with E-state index in [0.29, 0.717) is 5.92 Å². The average molecular weight is 136 g/mol. The van der Waals surface area contributed by atoms with Crippen LogP contribution in [0.4, 0.5) is 0 Å². The zero-order chi connectivity index (χ0) is 7.82. The maximum Gasteiger partial charge on any atom is -0.00789 e. The molecule has 0 aromatic rings. The Morgan fingerprint density at radius 3 is 2.10 bits per heavy atom. The third-order valence-electron chi connectivity index (χ3n) is 1.21. The molecule has 0 aliphatic rings. The van der Waals surface area contributed by atoms with E-state index in [4.69, 9.17) is 0 Å². The van der Waals surface area contributed by atoms with Crippen LogP contribution in [0.5, 0.6) is 0 Å². The van der Waals surface area contributed by atoms with Crippen molar-refractivity contribution in [2.45, 2.75) is 20.8 Å². The number of allylic oxidation sites excluding steroid dienone is 6. The van der Waals surface area contributed by atoms with E-state index in [2.05, 4.69) is 31.2 Å². The molecule has 0 spiro atoms. The lowest BCUT2D eigenvalue weighted by Crippen LogP contribution is -1.79. The summed E-state index contributed by atoms with van der Waals surface area (Å²) in [7, 11) is 0. The van der Waals surface area contributed by atoms with Gasteiger partial charge in [0.05, 0.1) is 0 Å². The third kappa shape index (κ3) is 5.36. The molecule has 0 bridgehead atoms. The van der Waals surface area contributed by atoms with Crippen LogP contribution in [-0.2, 0) is 0 Å². The summed E-state index contributed by atoms with van der Waals surface area (Å²) in [6.45, 7) is 6.23. The Bertz CT molecular complexity index is 138. The van der Waals surface area contributed by atoms with Crippen LogP contribution < -0.4 is 0 Å². The topological polar surface area (TPSA) is 0 Å². The Morgan fingerprint density at radius 1 is 0.900 bits per heavy atom. The first kappa shape index (κ1) is 9.22. The second-order valence-corrected chi connectivity index (χ2v) is 2.30. The maximum atomic E-state index is 2.17. The van der Waals surface area contributed by atoms with Crippen LogP contribution in [0.2, 0.25) is 0 Å². The first-order valence-corrected chi connectivity index (χ1v) is 3.73. The summed E-state index contributed by atoms with van der Waals surface area (Å²) in [5.41, 5.74) is 0. The third-order valence-corrected chi connectivity index (χ3v) is 1.21. The average Bonchev–Trinajstić information content (AvgIpc) is 1.89. The van der Waals surface area contributed by atoms with Crippen molar-refractivity contribution >= 4 is 0 Å². The molecule has 0 aromatic heterocycles. The predicted molar refractivity (Wildman–Crippen MR) is 47.9 cm³/mol. The maximum absolute atomic E-state index is 2.17. The molecule has 0 aliphatic carbocycles. The minimum absolute atomic E-state index is 0.557. The predicted octanol–water partition coefficient (Wildman–Crippen LogP) is 3.33. The van der Waals surface area contributed by atoms with Crippen LogP contribution in [0.1, 0.15) is 20.8 Å². The van der Waals surface area contributed by atoms with Gasteiger partial charge in [0.25, 0.3) is 0 Å². The SMILES string of the molecule is C/C=C/C=C/C(C)/C=C/C. The fraction of sp³-hybridized carbons (Fsp3) is 0.400. The lowest BCUT2D eigenvalue weighted by Gasteiger charge is -1.93. The number of rotatable bonds is 3. The van der Waals surface area contributed by atoms with Crippen LogP contribution in [-0.4, -0.2) is 0 Å². The molecule has 56 valence electrons. The normalized spacial score (nSPS) is 15.9. The van der Waals surface area contributed by atoms with E-state index in [-0.39, 0.29) is 0 Å². The minimum atomic E-state index is 0.557. The van der Waals surface area contributed by atoms with Crippen LogP contribution in [0.25, 0.3) is 0 Å². The van der Waals surface area contributed by atoms with Gasteiger partial charge in [0.2, 0.25) is 0 Å². The molecule has 0 nitrogen and oxygen atoms in total. The molecule has 0 saturated heterocycles. The van der Waals surface area contributed by atoms with Crippen LogP contribution in [0.15, 0.2) is 36.5 Å². The monoisotopic (exact) mass is 136 g/mol. The summed E-state index contributed by atoms with van der Waals surface area (Å²) in [6.07, 6.45) is 12.5. The molecular formula is C10H16. The molecule has 1 unspecified atom stereocenters. The molecule has 0 aliphatic heterocycles. The van der Waals surface area contributed by atoms with Crippen molar-refractivity contribution in [3.05, 3.63) is 36.5 Å². The summed E-state index contributed by atoms with van der Waals surface area (Å²) in [4.78, 5) is 0. The van der Waals surface area contributed by atoms with Gasteiger partial charge in [0.15, 0.2) is 0 Å². The molecule has 1 atom stereocenters. The molecule has 0 saturated carbocycles. The molecule has 0 fully saturated rings. The quantitative estimate of drug-likeness (QED) is 0.412. The van der Waals surface area contributed by atoms with E-state index in [1.165, 1.54) is 0 Å². The van der Waals surface area contributed by atoms with Crippen LogP contribution >= 0.6 is 0 Å². The van der Waals surface area contributed by atoms with Crippen molar-refractivity contribution in [2.75, 3.05) is 0 Å². The Labute approximate surface area is 64.0 Å². The zero-order valence-electron chi connectivity index (χ0n) is 7.04. The Morgan fingerprint density at radius 2 is 1.60 bits per heavy atom. The lowest BCUT2D eigenvalue weighted by atomic mass is 10.1. The molecule has 0 heteroatoms. The van der Waals surface area contributed by atoms with Crippen molar-refractivity contribution in [3.63, 3.8) is 0 Å². The molecular weight excluding hydrogens is 120 g/mol. The fourth-order valence-electron chi connectivity index (χ4n) is 0.718.